The second-order valence-corrected chi connectivity index (χ2v) is 6.51. The Morgan fingerprint density at radius 2 is 1.80 bits per heavy atom. The van der Waals surface area contributed by atoms with Crippen molar-refractivity contribution in [3.8, 4) is 11.4 Å². The Labute approximate surface area is 168 Å². The van der Waals surface area contributed by atoms with Crippen LogP contribution >= 0.6 is 0 Å². The van der Waals surface area contributed by atoms with E-state index in [9.17, 15) is 19.7 Å². The van der Waals surface area contributed by atoms with Crippen LogP contribution in [0.2, 0.25) is 0 Å². The Morgan fingerprint density at radius 1 is 1.07 bits per heavy atom. The number of rotatable bonds is 5. The predicted octanol–water partition coefficient (Wildman–Crippen LogP) is 1.60. The van der Waals surface area contributed by atoms with Gasteiger partial charge in [0.15, 0.2) is 0 Å². The summed E-state index contributed by atoms with van der Waals surface area (Å²) in [4.78, 5) is 35.8. The lowest BCUT2D eigenvalue weighted by Gasteiger charge is -2.09. The zero-order valence-corrected chi connectivity index (χ0v) is 16.0. The average molecular weight is 405 g/mol. The smallest absolute Gasteiger partial charge is 0.287 e. The number of nitro benzene ring substituents is 1. The predicted molar refractivity (Wildman–Crippen MR) is 105 cm³/mol. The molecule has 0 aliphatic carbocycles. The molecule has 0 aliphatic heterocycles. The van der Waals surface area contributed by atoms with Gasteiger partial charge in [-0.15, -0.1) is 0 Å². The van der Waals surface area contributed by atoms with E-state index in [1.54, 1.807) is 37.4 Å². The van der Waals surface area contributed by atoms with Crippen molar-refractivity contribution >= 4 is 11.5 Å². The van der Waals surface area contributed by atoms with Crippen LogP contribution < -0.4 is 5.69 Å². The van der Waals surface area contributed by atoms with Gasteiger partial charge in [-0.2, -0.15) is 14.5 Å². The fourth-order valence-corrected chi connectivity index (χ4v) is 3.03. The van der Waals surface area contributed by atoms with E-state index in [0.717, 1.165) is 9.36 Å². The number of non-ortho nitro benzene ring substituents is 1. The largest absolute Gasteiger partial charge is 0.368 e. The highest BCUT2D eigenvalue weighted by Crippen LogP contribution is 2.21. The number of aromatic nitrogens is 6. The Balaban J connectivity index is 1.74. The van der Waals surface area contributed by atoms with Crippen molar-refractivity contribution in [1.82, 2.24) is 29.6 Å². The second kappa shape index (κ2) is 7.20. The summed E-state index contributed by atoms with van der Waals surface area (Å²) in [5, 5.41) is 22.6. The molecule has 0 spiro atoms. The van der Waals surface area contributed by atoms with Crippen molar-refractivity contribution in [3.63, 3.8) is 0 Å². The molecule has 0 radical (unpaired) electrons. The van der Waals surface area contributed by atoms with E-state index in [4.69, 9.17) is 0 Å². The molecule has 0 fully saturated rings. The monoisotopic (exact) mass is 405 g/mol. The number of nitro groups is 1. The first-order valence-corrected chi connectivity index (χ1v) is 8.81. The highest BCUT2D eigenvalue weighted by Gasteiger charge is 2.22. The quantitative estimate of drug-likeness (QED) is 0.280. The third kappa shape index (κ3) is 3.17. The normalized spacial score (nSPS) is 10.9. The first-order valence-electron chi connectivity index (χ1n) is 8.81. The van der Waals surface area contributed by atoms with Gasteiger partial charge < -0.3 is 0 Å². The molecule has 0 N–H and O–H groups in total. The molecule has 0 aliphatic rings. The van der Waals surface area contributed by atoms with E-state index in [1.807, 2.05) is 0 Å². The molecule has 150 valence electrons. The van der Waals surface area contributed by atoms with Crippen molar-refractivity contribution in [2.45, 2.75) is 6.92 Å². The van der Waals surface area contributed by atoms with Gasteiger partial charge in [-0.3, -0.25) is 14.9 Å². The number of carbonyl (C=O) groups is 1. The van der Waals surface area contributed by atoms with Crippen LogP contribution in [0.3, 0.4) is 0 Å². The molecule has 4 rings (SSSR count). The summed E-state index contributed by atoms with van der Waals surface area (Å²) >= 11 is 0. The summed E-state index contributed by atoms with van der Waals surface area (Å²) in [6.45, 7) is 1.76. The minimum atomic E-state index is -0.490. The number of carbonyl (C=O) groups excluding carboxylic acids is 1. The van der Waals surface area contributed by atoms with Crippen LogP contribution in [0.4, 0.5) is 5.69 Å². The van der Waals surface area contributed by atoms with Crippen molar-refractivity contribution < 1.29 is 9.72 Å². The van der Waals surface area contributed by atoms with Crippen molar-refractivity contribution in [1.29, 1.82) is 0 Å². The fraction of sp³-hybridized carbons (Fsp3) is 0.105. The molecule has 4 aromatic rings. The lowest BCUT2D eigenvalue weighted by Crippen LogP contribution is -2.24. The summed E-state index contributed by atoms with van der Waals surface area (Å²) in [6.07, 6.45) is 1.58. The highest BCUT2D eigenvalue weighted by atomic mass is 16.6. The lowest BCUT2D eigenvalue weighted by molar-refractivity contribution is -0.384. The van der Waals surface area contributed by atoms with Gasteiger partial charge in [0.05, 0.1) is 21.9 Å². The van der Waals surface area contributed by atoms with Crippen molar-refractivity contribution in [3.05, 3.63) is 92.1 Å². The van der Waals surface area contributed by atoms with Crippen molar-refractivity contribution in [2.24, 2.45) is 7.05 Å². The summed E-state index contributed by atoms with van der Waals surface area (Å²) in [5.74, 6) is -0.388. The second-order valence-electron chi connectivity index (χ2n) is 6.51. The van der Waals surface area contributed by atoms with Gasteiger partial charge in [0.1, 0.15) is 5.69 Å². The van der Waals surface area contributed by atoms with Gasteiger partial charge in [-0.05, 0) is 47.2 Å². The van der Waals surface area contributed by atoms with Crippen molar-refractivity contribution in [2.75, 3.05) is 0 Å². The van der Waals surface area contributed by atoms with E-state index in [0.29, 0.717) is 16.9 Å². The molecule has 0 saturated heterocycles. The maximum atomic E-state index is 13.2. The van der Waals surface area contributed by atoms with Gasteiger partial charge in [0, 0.05) is 25.4 Å². The van der Waals surface area contributed by atoms with Gasteiger partial charge in [-0.1, -0.05) is 12.1 Å². The Kier molecular flexibility index (Phi) is 4.54. The molecule has 0 saturated carbocycles. The molecule has 30 heavy (non-hydrogen) atoms. The van der Waals surface area contributed by atoms with Crippen LogP contribution in [-0.4, -0.2) is 40.3 Å². The maximum Gasteiger partial charge on any atom is 0.368 e. The zero-order valence-electron chi connectivity index (χ0n) is 16.0. The van der Waals surface area contributed by atoms with Crippen LogP contribution in [0.25, 0.3) is 11.4 Å². The van der Waals surface area contributed by atoms with E-state index in [-0.39, 0.29) is 22.7 Å². The Bertz CT molecular complexity index is 1330. The van der Waals surface area contributed by atoms with E-state index < -0.39 is 10.6 Å². The Morgan fingerprint density at radius 3 is 2.43 bits per heavy atom. The zero-order chi connectivity index (χ0) is 21.4. The van der Waals surface area contributed by atoms with E-state index in [2.05, 4.69) is 15.5 Å². The van der Waals surface area contributed by atoms with Crippen LogP contribution in [-0.2, 0) is 7.05 Å². The number of aryl methyl sites for hydroxylation is 2. The number of hydrogen-bond acceptors (Lipinski definition) is 7. The topological polar surface area (TPSA) is 131 Å². The molecule has 0 atom stereocenters. The molecule has 11 nitrogen and oxygen atoms in total. The third-order valence-electron chi connectivity index (χ3n) is 4.57. The van der Waals surface area contributed by atoms with Gasteiger partial charge in [0.2, 0.25) is 5.78 Å². The number of ketones is 1. The lowest BCUT2D eigenvalue weighted by atomic mass is 10.0. The first kappa shape index (κ1) is 18.9. The fourth-order valence-electron chi connectivity index (χ4n) is 3.03. The SMILES string of the molecule is Cc1cccc(-n2nnn(C)c2=O)c1C(=O)c1ccn(-c2ccc([N+](=O)[O-])cc2)n1. The molecule has 2 heterocycles. The molecule has 2 aromatic heterocycles. The number of hydrogen-bond donors (Lipinski definition) is 0. The minimum absolute atomic E-state index is 0.0406. The molecule has 2 aromatic carbocycles. The molecule has 0 unspecified atom stereocenters. The standard InChI is InChI=1S/C19H15N7O4/c1-12-4-3-5-16(25-19(28)23(2)21-22-25)17(12)18(27)15-10-11-24(20-15)13-6-8-14(9-7-13)26(29)30/h3-11H,1-2H3. The number of nitrogens with zero attached hydrogens (tertiary/aromatic N) is 7. The molecule has 0 bridgehead atoms. The minimum Gasteiger partial charge on any atom is -0.287 e. The summed E-state index contributed by atoms with van der Waals surface area (Å²) in [6, 6.07) is 12.4. The Hall–Kier alpha value is -4.41. The highest BCUT2D eigenvalue weighted by molar-refractivity contribution is 6.11. The summed E-state index contributed by atoms with van der Waals surface area (Å²) in [7, 11) is 1.47. The van der Waals surface area contributed by atoms with Gasteiger partial charge >= 0.3 is 5.69 Å². The summed E-state index contributed by atoms with van der Waals surface area (Å²) in [5.41, 5.74) is 1.44. The molecule has 0 amide bonds. The van der Waals surface area contributed by atoms with Crippen LogP contribution in [0.1, 0.15) is 21.6 Å². The number of benzene rings is 2. The first-order chi connectivity index (χ1) is 14.4. The van der Waals surface area contributed by atoms with Crippen LogP contribution in [0, 0.1) is 17.0 Å². The number of tetrazole rings is 1. The maximum absolute atomic E-state index is 13.2. The van der Waals surface area contributed by atoms with Gasteiger partial charge in [-0.25, -0.2) is 9.48 Å². The summed E-state index contributed by atoms with van der Waals surface area (Å²) < 4.78 is 3.58. The third-order valence-corrected chi connectivity index (χ3v) is 4.57. The van der Waals surface area contributed by atoms with Gasteiger partial charge in [0.25, 0.3) is 5.69 Å². The van der Waals surface area contributed by atoms with E-state index >= 15 is 0 Å². The average Bonchev–Trinajstić information content (AvgIpc) is 3.35. The van der Waals surface area contributed by atoms with Crippen LogP contribution in [0.5, 0.6) is 0 Å². The molecular weight excluding hydrogens is 390 g/mol. The van der Waals surface area contributed by atoms with E-state index in [1.165, 1.54) is 36.0 Å². The molecule has 11 heteroatoms. The molecular formula is C19H15N7O4. The van der Waals surface area contributed by atoms with Crippen LogP contribution in [0.15, 0.2) is 59.5 Å².